The molecule has 2 heterocycles. The van der Waals surface area contributed by atoms with Gasteiger partial charge in [-0.3, -0.25) is 23.7 Å². The number of hydrogen-bond donors (Lipinski definition) is 3. The molecule has 13 heteroatoms. The number of carbonyl (C=O) groups is 1. The standard InChI is InChI=1S/C21H34N3O8PS/c1-12(2)31-20(27)14(4)23-33(29,34-15-7-5-6-8-15)30-11-16-18(26)13(3)19(32-16)24-10-9-17(25)22-21(24)28/h9-10,12-16,18-19,26H,5-8,11H2,1-4H3,(H,23,29)(H,22,25,28). The van der Waals surface area contributed by atoms with Crippen molar-refractivity contribution >= 4 is 24.1 Å². The van der Waals surface area contributed by atoms with Gasteiger partial charge in [0, 0.05) is 23.4 Å². The molecule has 0 amide bonds. The van der Waals surface area contributed by atoms with Crippen LogP contribution in [-0.4, -0.2) is 56.8 Å². The molecular weight excluding hydrogens is 485 g/mol. The van der Waals surface area contributed by atoms with Gasteiger partial charge in [-0.2, -0.15) is 0 Å². The zero-order valence-electron chi connectivity index (χ0n) is 19.8. The molecule has 0 radical (unpaired) electrons. The Bertz CT molecular complexity index is 1010. The molecule has 192 valence electrons. The Balaban J connectivity index is 1.70. The minimum atomic E-state index is -3.57. The molecule has 6 atom stereocenters. The first kappa shape index (κ1) is 27.2. The van der Waals surface area contributed by atoms with Crippen molar-refractivity contribution in [2.45, 2.75) is 89.2 Å². The Labute approximate surface area is 202 Å². The minimum absolute atomic E-state index is 0.132. The molecule has 3 rings (SSSR count). The lowest BCUT2D eigenvalue weighted by molar-refractivity contribution is -0.149. The molecule has 1 aliphatic heterocycles. The summed E-state index contributed by atoms with van der Waals surface area (Å²) in [7, 11) is 0. The summed E-state index contributed by atoms with van der Waals surface area (Å²) < 4.78 is 31.9. The van der Waals surface area contributed by atoms with E-state index in [1.54, 1.807) is 27.7 Å². The van der Waals surface area contributed by atoms with Crippen LogP contribution in [0.15, 0.2) is 21.9 Å². The second kappa shape index (κ2) is 11.5. The Morgan fingerprint density at radius 2 is 2.03 bits per heavy atom. The van der Waals surface area contributed by atoms with Crippen LogP contribution >= 0.6 is 18.1 Å². The van der Waals surface area contributed by atoms with Crippen LogP contribution in [0.4, 0.5) is 0 Å². The summed E-state index contributed by atoms with van der Waals surface area (Å²) in [6, 6.07) is 0.338. The third-order valence-corrected chi connectivity index (χ3v) is 10.5. The van der Waals surface area contributed by atoms with E-state index >= 15 is 0 Å². The summed E-state index contributed by atoms with van der Waals surface area (Å²) in [5.41, 5.74) is -1.19. The average Bonchev–Trinajstić information content (AvgIpc) is 3.35. The molecule has 2 fully saturated rings. The second-order valence-electron chi connectivity index (χ2n) is 9.07. The van der Waals surface area contributed by atoms with Crippen LogP contribution in [0.3, 0.4) is 0 Å². The molecule has 0 aromatic carbocycles. The monoisotopic (exact) mass is 519 g/mol. The van der Waals surface area contributed by atoms with E-state index < -0.39 is 54.3 Å². The van der Waals surface area contributed by atoms with Gasteiger partial charge in [0.25, 0.3) is 5.56 Å². The number of ether oxygens (including phenoxy) is 2. The number of aromatic nitrogens is 2. The number of aliphatic hydroxyl groups is 1. The zero-order valence-corrected chi connectivity index (χ0v) is 21.6. The van der Waals surface area contributed by atoms with Crippen molar-refractivity contribution in [2.24, 2.45) is 5.92 Å². The van der Waals surface area contributed by atoms with Gasteiger partial charge in [-0.1, -0.05) is 31.1 Å². The first-order valence-corrected chi connectivity index (χ1v) is 14.7. The van der Waals surface area contributed by atoms with Gasteiger partial charge >= 0.3 is 18.4 Å². The normalized spacial score (nSPS) is 28.2. The molecule has 2 aliphatic rings. The SMILES string of the molecule is CC(C)OC(=O)C(C)NP(=O)(OCC1OC(n2ccc(=O)[nH]c2=O)C(C)C1O)SC1CCCC1. The van der Waals surface area contributed by atoms with E-state index in [0.29, 0.717) is 0 Å². The Morgan fingerprint density at radius 1 is 1.35 bits per heavy atom. The number of aliphatic hydroxyl groups excluding tert-OH is 1. The van der Waals surface area contributed by atoms with Crippen molar-refractivity contribution < 1.29 is 28.5 Å². The number of H-pyrrole nitrogens is 1. The summed E-state index contributed by atoms with van der Waals surface area (Å²) in [5, 5.41) is 13.7. The first-order valence-electron chi connectivity index (χ1n) is 11.6. The van der Waals surface area contributed by atoms with Crippen molar-refractivity contribution in [3.63, 3.8) is 0 Å². The highest BCUT2D eigenvalue weighted by Gasteiger charge is 2.44. The van der Waals surface area contributed by atoms with Crippen molar-refractivity contribution in [2.75, 3.05) is 6.61 Å². The van der Waals surface area contributed by atoms with Gasteiger partial charge in [-0.15, -0.1) is 0 Å². The van der Waals surface area contributed by atoms with E-state index in [9.17, 15) is 24.1 Å². The highest BCUT2D eigenvalue weighted by atomic mass is 32.7. The van der Waals surface area contributed by atoms with E-state index in [1.807, 2.05) is 0 Å². The highest BCUT2D eigenvalue weighted by molar-refractivity contribution is 8.56. The molecule has 34 heavy (non-hydrogen) atoms. The maximum atomic E-state index is 13.7. The van der Waals surface area contributed by atoms with Gasteiger partial charge in [0.2, 0.25) is 0 Å². The van der Waals surface area contributed by atoms with Crippen LogP contribution in [0, 0.1) is 5.92 Å². The Hall–Kier alpha value is -1.43. The third kappa shape index (κ3) is 6.83. The van der Waals surface area contributed by atoms with E-state index in [-0.39, 0.29) is 18.0 Å². The molecule has 1 aromatic heterocycles. The topological polar surface area (TPSA) is 149 Å². The maximum absolute atomic E-state index is 13.7. The fourth-order valence-corrected chi connectivity index (χ4v) is 8.95. The van der Waals surface area contributed by atoms with E-state index in [0.717, 1.165) is 25.7 Å². The average molecular weight is 520 g/mol. The summed E-state index contributed by atoms with van der Waals surface area (Å²) in [5.74, 6) is -1.03. The van der Waals surface area contributed by atoms with Crippen molar-refractivity contribution in [3.05, 3.63) is 33.1 Å². The lowest BCUT2D eigenvalue weighted by atomic mass is 10.0. The highest BCUT2D eigenvalue weighted by Crippen LogP contribution is 2.61. The summed E-state index contributed by atoms with van der Waals surface area (Å²) in [6.45, 7) is 2.96. The Morgan fingerprint density at radius 3 is 2.65 bits per heavy atom. The molecule has 1 saturated heterocycles. The summed E-state index contributed by atoms with van der Waals surface area (Å²) >= 11 is 1.19. The lowest BCUT2D eigenvalue weighted by Gasteiger charge is -2.26. The van der Waals surface area contributed by atoms with Crippen LogP contribution in [0.5, 0.6) is 0 Å². The van der Waals surface area contributed by atoms with Crippen molar-refractivity contribution in [1.29, 1.82) is 0 Å². The lowest BCUT2D eigenvalue weighted by Crippen LogP contribution is -2.36. The fraction of sp³-hybridized carbons (Fsp3) is 0.762. The maximum Gasteiger partial charge on any atom is 0.330 e. The molecule has 11 nitrogen and oxygen atoms in total. The molecule has 6 unspecified atom stereocenters. The van der Waals surface area contributed by atoms with Crippen LogP contribution in [0.25, 0.3) is 0 Å². The van der Waals surface area contributed by atoms with Crippen LogP contribution in [-0.2, 0) is 23.4 Å². The number of nitrogens with one attached hydrogen (secondary N) is 2. The molecule has 3 N–H and O–H groups in total. The number of carbonyl (C=O) groups excluding carboxylic acids is 1. The largest absolute Gasteiger partial charge is 0.462 e. The number of esters is 1. The number of aromatic amines is 1. The predicted molar refractivity (Wildman–Crippen MR) is 128 cm³/mol. The van der Waals surface area contributed by atoms with Crippen LogP contribution in [0.2, 0.25) is 0 Å². The van der Waals surface area contributed by atoms with Gasteiger partial charge < -0.3 is 19.1 Å². The Kier molecular flexibility index (Phi) is 9.22. The molecule has 1 aromatic rings. The summed E-state index contributed by atoms with van der Waals surface area (Å²) in [4.78, 5) is 38.0. The van der Waals surface area contributed by atoms with Gasteiger partial charge in [0.1, 0.15) is 18.4 Å². The molecule has 1 aliphatic carbocycles. The predicted octanol–water partition coefficient (Wildman–Crippen LogP) is 2.16. The molecule has 0 bridgehead atoms. The molecule has 0 spiro atoms. The van der Waals surface area contributed by atoms with E-state index in [2.05, 4.69) is 10.1 Å². The zero-order chi connectivity index (χ0) is 25.0. The number of nitrogens with zero attached hydrogens (tertiary/aromatic N) is 1. The third-order valence-electron chi connectivity index (χ3n) is 5.86. The van der Waals surface area contributed by atoms with E-state index in [1.165, 1.54) is 28.2 Å². The number of hydrogen-bond acceptors (Lipinski definition) is 9. The van der Waals surface area contributed by atoms with Gasteiger partial charge in [0.05, 0.1) is 18.8 Å². The second-order valence-corrected chi connectivity index (χ2v) is 13.5. The smallest absolute Gasteiger partial charge is 0.330 e. The van der Waals surface area contributed by atoms with Gasteiger partial charge in [0.15, 0.2) is 0 Å². The van der Waals surface area contributed by atoms with Gasteiger partial charge in [-0.25, -0.2) is 9.88 Å². The minimum Gasteiger partial charge on any atom is -0.462 e. The van der Waals surface area contributed by atoms with Crippen molar-refractivity contribution in [3.8, 4) is 0 Å². The number of rotatable bonds is 10. The van der Waals surface area contributed by atoms with Crippen molar-refractivity contribution in [1.82, 2.24) is 14.6 Å². The first-order chi connectivity index (χ1) is 16.0. The molecule has 1 saturated carbocycles. The molecular formula is C21H34N3O8PS. The quantitative estimate of drug-likeness (QED) is 0.310. The van der Waals surface area contributed by atoms with Gasteiger partial charge in [-0.05, 0) is 33.6 Å². The van der Waals surface area contributed by atoms with Crippen LogP contribution in [0.1, 0.15) is 59.6 Å². The fourth-order valence-electron chi connectivity index (χ4n) is 4.06. The van der Waals surface area contributed by atoms with Crippen LogP contribution < -0.4 is 16.3 Å². The summed E-state index contributed by atoms with van der Waals surface area (Å²) in [6.07, 6.45) is 2.19. The van der Waals surface area contributed by atoms with E-state index in [4.69, 9.17) is 14.0 Å².